The van der Waals surface area contributed by atoms with Crippen LogP contribution in [0.25, 0.3) is 0 Å². The molecule has 0 bridgehead atoms. The molecule has 80 valence electrons. The van der Waals surface area contributed by atoms with Gasteiger partial charge < -0.3 is 5.32 Å². The molecule has 1 atom stereocenters. The maximum Gasteiger partial charge on any atom is 0.0326 e. The van der Waals surface area contributed by atoms with E-state index in [-0.39, 0.29) is 0 Å². The van der Waals surface area contributed by atoms with E-state index < -0.39 is 0 Å². The van der Waals surface area contributed by atoms with Gasteiger partial charge in [-0.3, -0.25) is 0 Å². The van der Waals surface area contributed by atoms with E-state index in [1.807, 2.05) is 7.05 Å². The second kappa shape index (κ2) is 5.95. The van der Waals surface area contributed by atoms with Crippen molar-refractivity contribution in [2.24, 2.45) is 0 Å². The summed E-state index contributed by atoms with van der Waals surface area (Å²) in [5, 5.41) is 3.29. The van der Waals surface area contributed by atoms with Gasteiger partial charge >= 0.3 is 0 Å². The number of aryl methyl sites for hydroxylation is 1. The van der Waals surface area contributed by atoms with Crippen LogP contribution < -0.4 is 5.32 Å². The SMILES string of the molecule is C#CCCC(NC)c1ccc(Br)c(C)c1. The zero-order valence-corrected chi connectivity index (χ0v) is 10.8. The quantitative estimate of drug-likeness (QED) is 0.823. The number of benzene rings is 1. The lowest BCUT2D eigenvalue weighted by Crippen LogP contribution is -2.16. The summed E-state index contributed by atoms with van der Waals surface area (Å²) in [6, 6.07) is 6.77. The molecule has 0 aliphatic carbocycles. The van der Waals surface area contributed by atoms with Gasteiger partial charge in [0.25, 0.3) is 0 Å². The average Bonchev–Trinajstić information content (AvgIpc) is 2.24. The van der Waals surface area contributed by atoms with Gasteiger partial charge in [-0.15, -0.1) is 12.3 Å². The second-order valence-corrected chi connectivity index (χ2v) is 4.45. The minimum atomic E-state index is 0.354. The summed E-state index contributed by atoms with van der Waals surface area (Å²) in [5.74, 6) is 2.68. The van der Waals surface area contributed by atoms with Crippen molar-refractivity contribution in [3.05, 3.63) is 33.8 Å². The third-order valence-electron chi connectivity index (χ3n) is 2.51. The van der Waals surface area contributed by atoms with Crippen LogP contribution in [-0.4, -0.2) is 7.05 Å². The number of hydrogen-bond donors (Lipinski definition) is 1. The topological polar surface area (TPSA) is 12.0 Å². The molecule has 1 aromatic carbocycles. The van der Waals surface area contributed by atoms with Crippen LogP contribution >= 0.6 is 15.9 Å². The normalized spacial score (nSPS) is 12.1. The van der Waals surface area contributed by atoms with Crippen molar-refractivity contribution >= 4 is 15.9 Å². The molecule has 0 radical (unpaired) electrons. The van der Waals surface area contributed by atoms with E-state index in [1.165, 1.54) is 11.1 Å². The maximum atomic E-state index is 5.28. The minimum Gasteiger partial charge on any atom is -0.313 e. The molecule has 0 spiro atoms. The van der Waals surface area contributed by atoms with Crippen LogP contribution in [0.2, 0.25) is 0 Å². The van der Waals surface area contributed by atoms with Crippen LogP contribution in [0, 0.1) is 19.3 Å². The van der Waals surface area contributed by atoms with Gasteiger partial charge in [0, 0.05) is 16.9 Å². The fourth-order valence-corrected chi connectivity index (χ4v) is 1.84. The molecule has 1 aromatic rings. The standard InChI is InChI=1S/C13H16BrN/c1-4-5-6-13(15-3)11-7-8-12(14)10(2)9-11/h1,7-9,13,15H,5-6H2,2-3H3. The smallest absolute Gasteiger partial charge is 0.0326 e. The van der Waals surface area contributed by atoms with Crippen molar-refractivity contribution in [2.45, 2.75) is 25.8 Å². The fourth-order valence-electron chi connectivity index (χ4n) is 1.59. The molecule has 0 aromatic heterocycles. The highest BCUT2D eigenvalue weighted by molar-refractivity contribution is 9.10. The largest absolute Gasteiger partial charge is 0.313 e. The van der Waals surface area contributed by atoms with E-state index in [2.05, 4.69) is 52.3 Å². The first kappa shape index (κ1) is 12.3. The Morgan fingerprint density at radius 2 is 2.27 bits per heavy atom. The lowest BCUT2D eigenvalue weighted by molar-refractivity contribution is 0.558. The average molecular weight is 266 g/mol. The van der Waals surface area contributed by atoms with Crippen molar-refractivity contribution in [1.29, 1.82) is 0 Å². The molecule has 0 aliphatic heterocycles. The molecule has 0 saturated heterocycles. The maximum absolute atomic E-state index is 5.28. The van der Waals surface area contributed by atoms with E-state index in [9.17, 15) is 0 Å². The zero-order valence-electron chi connectivity index (χ0n) is 9.18. The Bertz CT molecular complexity index is 365. The molecule has 1 nitrogen and oxygen atoms in total. The predicted octanol–water partition coefficient (Wildman–Crippen LogP) is 3.43. The van der Waals surface area contributed by atoms with Crippen molar-refractivity contribution < 1.29 is 0 Å². The summed E-state index contributed by atoms with van der Waals surface area (Å²) in [5.41, 5.74) is 2.56. The first-order valence-electron chi connectivity index (χ1n) is 5.05. The third-order valence-corrected chi connectivity index (χ3v) is 3.40. The second-order valence-electron chi connectivity index (χ2n) is 3.59. The van der Waals surface area contributed by atoms with E-state index in [1.54, 1.807) is 0 Å². The molecular formula is C13H16BrN. The summed E-state index contributed by atoms with van der Waals surface area (Å²) in [4.78, 5) is 0. The first-order valence-corrected chi connectivity index (χ1v) is 5.85. The molecule has 1 rings (SSSR count). The number of halogens is 1. The van der Waals surface area contributed by atoms with E-state index >= 15 is 0 Å². The number of hydrogen-bond acceptors (Lipinski definition) is 1. The molecule has 0 heterocycles. The Morgan fingerprint density at radius 3 is 2.80 bits per heavy atom. The van der Waals surface area contributed by atoms with Gasteiger partial charge in [0.2, 0.25) is 0 Å². The third kappa shape index (κ3) is 3.37. The first-order chi connectivity index (χ1) is 7.19. The molecular weight excluding hydrogens is 250 g/mol. The van der Waals surface area contributed by atoms with Gasteiger partial charge in [0.15, 0.2) is 0 Å². The van der Waals surface area contributed by atoms with Crippen molar-refractivity contribution in [3.63, 3.8) is 0 Å². The van der Waals surface area contributed by atoms with Gasteiger partial charge in [-0.1, -0.05) is 28.1 Å². The summed E-state index contributed by atoms with van der Waals surface area (Å²) < 4.78 is 1.15. The van der Waals surface area contributed by atoms with Crippen LogP contribution in [0.5, 0.6) is 0 Å². The molecule has 0 amide bonds. The van der Waals surface area contributed by atoms with Crippen molar-refractivity contribution in [1.82, 2.24) is 5.32 Å². The lowest BCUT2D eigenvalue weighted by Gasteiger charge is -2.16. The highest BCUT2D eigenvalue weighted by Crippen LogP contribution is 2.23. The highest BCUT2D eigenvalue weighted by atomic mass is 79.9. The highest BCUT2D eigenvalue weighted by Gasteiger charge is 2.08. The molecule has 0 saturated carbocycles. The minimum absolute atomic E-state index is 0.354. The van der Waals surface area contributed by atoms with Gasteiger partial charge in [0.05, 0.1) is 0 Å². The van der Waals surface area contributed by atoms with E-state index in [0.717, 1.165) is 17.3 Å². The molecule has 0 fully saturated rings. The number of nitrogens with one attached hydrogen (secondary N) is 1. The van der Waals surface area contributed by atoms with Crippen LogP contribution in [0.1, 0.15) is 30.0 Å². The Balaban J connectivity index is 2.83. The van der Waals surface area contributed by atoms with Crippen LogP contribution in [-0.2, 0) is 0 Å². The van der Waals surface area contributed by atoms with E-state index in [4.69, 9.17) is 6.42 Å². The summed E-state index contributed by atoms with van der Waals surface area (Å²) in [6.45, 7) is 2.10. The predicted molar refractivity (Wildman–Crippen MR) is 68.7 cm³/mol. The van der Waals surface area contributed by atoms with Gasteiger partial charge in [0.1, 0.15) is 0 Å². The molecule has 2 heteroatoms. The van der Waals surface area contributed by atoms with E-state index in [0.29, 0.717) is 6.04 Å². The van der Waals surface area contributed by atoms with Crippen LogP contribution in [0.15, 0.2) is 22.7 Å². The van der Waals surface area contributed by atoms with Gasteiger partial charge in [-0.2, -0.15) is 0 Å². The van der Waals surface area contributed by atoms with Gasteiger partial charge in [-0.25, -0.2) is 0 Å². The lowest BCUT2D eigenvalue weighted by atomic mass is 10.0. The molecule has 1 N–H and O–H groups in total. The molecule has 15 heavy (non-hydrogen) atoms. The van der Waals surface area contributed by atoms with Crippen molar-refractivity contribution in [3.8, 4) is 12.3 Å². The Morgan fingerprint density at radius 1 is 1.53 bits per heavy atom. The van der Waals surface area contributed by atoms with Crippen molar-refractivity contribution in [2.75, 3.05) is 7.05 Å². The zero-order chi connectivity index (χ0) is 11.3. The number of terminal acetylenes is 1. The number of rotatable bonds is 4. The summed E-state index contributed by atoms with van der Waals surface area (Å²) in [7, 11) is 1.97. The summed E-state index contributed by atoms with van der Waals surface area (Å²) in [6.07, 6.45) is 7.06. The van der Waals surface area contributed by atoms with Crippen LogP contribution in [0.4, 0.5) is 0 Å². The Kier molecular flexibility index (Phi) is 4.87. The summed E-state index contributed by atoms with van der Waals surface area (Å²) >= 11 is 3.50. The molecule has 1 unspecified atom stereocenters. The Labute approximate surface area is 100 Å². The monoisotopic (exact) mass is 265 g/mol. The fraction of sp³-hybridized carbons (Fsp3) is 0.385. The van der Waals surface area contributed by atoms with Gasteiger partial charge in [-0.05, 0) is 37.6 Å². The molecule has 0 aliphatic rings. The van der Waals surface area contributed by atoms with Crippen LogP contribution in [0.3, 0.4) is 0 Å². The Hall–Kier alpha value is -0.780.